The van der Waals surface area contributed by atoms with Gasteiger partial charge in [-0.25, -0.2) is 9.97 Å². The number of hydrogen-bond donors (Lipinski definition) is 0. The van der Waals surface area contributed by atoms with E-state index in [9.17, 15) is 0 Å². The molecule has 0 aliphatic carbocycles. The molecule has 1 fully saturated rings. The van der Waals surface area contributed by atoms with Crippen molar-refractivity contribution in [2.45, 2.75) is 120 Å². The van der Waals surface area contributed by atoms with E-state index in [1.54, 1.807) is 0 Å². The molecular formula is C30H56N6. The molecule has 206 valence electrons. The Balaban J connectivity index is 0.000000560. The van der Waals surface area contributed by atoms with Crippen molar-refractivity contribution in [1.29, 1.82) is 0 Å². The van der Waals surface area contributed by atoms with Crippen LogP contribution in [0, 0.1) is 0 Å². The van der Waals surface area contributed by atoms with Gasteiger partial charge in [0.1, 0.15) is 11.6 Å². The SMILES string of the molecule is CC.CCC(C)c1cncc(N(CC)CC)n1.CCC(C)c1cncc(N2CCCC2)n1.CCCC. The second-order valence-electron chi connectivity index (χ2n) is 9.09. The third kappa shape index (κ3) is 12.1. The standard InChI is InChI=1S/C12H19N3.C12H21N3.C4H10.C2H6/c1-3-10(2)11-8-13-9-12(14-11)15-6-4-5-7-15;1-5-10(4)11-8-13-9-12(14-11)15(6-2)7-3;1-3-4-2;1-2/h8-10H,3-7H2,1-2H3;8-10H,5-7H2,1-4H3;3-4H2,1-2H3;1-2H3. The van der Waals surface area contributed by atoms with E-state index >= 15 is 0 Å². The van der Waals surface area contributed by atoms with Crippen LogP contribution < -0.4 is 9.80 Å². The summed E-state index contributed by atoms with van der Waals surface area (Å²) in [7, 11) is 0. The van der Waals surface area contributed by atoms with Gasteiger partial charge in [0.15, 0.2) is 0 Å². The van der Waals surface area contributed by atoms with Gasteiger partial charge in [-0.15, -0.1) is 0 Å². The summed E-state index contributed by atoms with van der Waals surface area (Å²) in [5, 5.41) is 0. The highest BCUT2D eigenvalue weighted by Gasteiger charge is 2.15. The fourth-order valence-corrected chi connectivity index (χ4v) is 3.43. The molecule has 6 heteroatoms. The molecule has 3 rings (SSSR count). The van der Waals surface area contributed by atoms with E-state index in [0.717, 1.165) is 62.0 Å². The summed E-state index contributed by atoms with van der Waals surface area (Å²) < 4.78 is 0. The van der Waals surface area contributed by atoms with Crippen LogP contribution in [-0.4, -0.2) is 46.1 Å². The number of anilines is 2. The molecule has 2 unspecified atom stereocenters. The van der Waals surface area contributed by atoms with Crippen LogP contribution in [0.4, 0.5) is 11.6 Å². The van der Waals surface area contributed by atoms with Crippen LogP contribution in [-0.2, 0) is 0 Å². The molecule has 2 atom stereocenters. The summed E-state index contributed by atoms with van der Waals surface area (Å²) in [5.74, 6) is 3.07. The lowest BCUT2D eigenvalue weighted by Crippen LogP contribution is -2.23. The van der Waals surface area contributed by atoms with Gasteiger partial charge in [0.25, 0.3) is 0 Å². The maximum Gasteiger partial charge on any atom is 0.147 e. The van der Waals surface area contributed by atoms with Gasteiger partial charge >= 0.3 is 0 Å². The first-order valence-electron chi connectivity index (χ1n) is 14.6. The minimum Gasteiger partial charge on any atom is -0.356 e. The van der Waals surface area contributed by atoms with Crippen LogP contribution in [0.2, 0.25) is 0 Å². The Morgan fingerprint density at radius 1 is 0.722 bits per heavy atom. The van der Waals surface area contributed by atoms with Crippen LogP contribution in [0.1, 0.15) is 131 Å². The van der Waals surface area contributed by atoms with Gasteiger partial charge in [0.2, 0.25) is 0 Å². The van der Waals surface area contributed by atoms with Gasteiger partial charge in [-0.1, -0.05) is 68.2 Å². The quantitative estimate of drug-likeness (QED) is 0.345. The first-order chi connectivity index (χ1) is 17.4. The largest absolute Gasteiger partial charge is 0.356 e. The molecule has 0 N–H and O–H groups in total. The summed E-state index contributed by atoms with van der Waals surface area (Å²) in [5.41, 5.74) is 2.23. The molecule has 6 nitrogen and oxygen atoms in total. The van der Waals surface area contributed by atoms with Crippen LogP contribution >= 0.6 is 0 Å². The van der Waals surface area contributed by atoms with E-state index in [4.69, 9.17) is 0 Å². The van der Waals surface area contributed by atoms with E-state index in [1.807, 2.05) is 38.6 Å². The maximum absolute atomic E-state index is 4.69. The number of nitrogens with zero attached hydrogens (tertiary/aromatic N) is 6. The number of hydrogen-bond acceptors (Lipinski definition) is 6. The first-order valence-corrected chi connectivity index (χ1v) is 14.6. The summed E-state index contributed by atoms with van der Waals surface area (Å²) in [4.78, 5) is 22.5. The molecule has 1 saturated heterocycles. The second kappa shape index (κ2) is 20.9. The zero-order valence-corrected chi connectivity index (χ0v) is 25.2. The third-order valence-corrected chi connectivity index (χ3v) is 6.53. The lowest BCUT2D eigenvalue weighted by molar-refractivity contribution is 0.697. The van der Waals surface area contributed by atoms with Gasteiger partial charge in [-0.2, -0.15) is 0 Å². The van der Waals surface area contributed by atoms with Crippen molar-refractivity contribution < 1.29 is 0 Å². The van der Waals surface area contributed by atoms with Crippen molar-refractivity contribution in [3.05, 3.63) is 36.2 Å². The van der Waals surface area contributed by atoms with Gasteiger partial charge < -0.3 is 9.80 Å². The van der Waals surface area contributed by atoms with E-state index in [0.29, 0.717) is 11.8 Å². The van der Waals surface area contributed by atoms with Crippen molar-refractivity contribution in [1.82, 2.24) is 19.9 Å². The number of rotatable bonds is 9. The monoisotopic (exact) mass is 500 g/mol. The minimum absolute atomic E-state index is 0.494. The summed E-state index contributed by atoms with van der Waals surface area (Å²) >= 11 is 0. The molecule has 0 aromatic carbocycles. The van der Waals surface area contributed by atoms with Gasteiger partial charge in [-0.05, 0) is 51.4 Å². The Morgan fingerprint density at radius 2 is 1.19 bits per heavy atom. The lowest BCUT2D eigenvalue weighted by atomic mass is 10.1. The molecule has 2 aromatic heterocycles. The minimum atomic E-state index is 0.494. The molecule has 0 radical (unpaired) electrons. The van der Waals surface area contributed by atoms with Crippen LogP contribution in [0.5, 0.6) is 0 Å². The normalized spacial score (nSPS) is 13.8. The molecule has 1 aliphatic heterocycles. The van der Waals surface area contributed by atoms with Gasteiger partial charge in [0.05, 0.1) is 23.8 Å². The smallest absolute Gasteiger partial charge is 0.147 e. The number of aromatic nitrogens is 4. The van der Waals surface area contributed by atoms with E-state index in [1.165, 1.54) is 25.7 Å². The van der Waals surface area contributed by atoms with Crippen LogP contribution in [0.15, 0.2) is 24.8 Å². The molecule has 36 heavy (non-hydrogen) atoms. The zero-order chi connectivity index (χ0) is 27.3. The van der Waals surface area contributed by atoms with E-state index in [2.05, 4.69) is 85.1 Å². The van der Waals surface area contributed by atoms with Crippen LogP contribution in [0.3, 0.4) is 0 Å². The highest BCUT2D eigenvalue weighted by molar-refractivity contribution is 5.38. The van der Waals surface area contributed by atoms with Gasteiger partial charge in [0, 0.05) is 38.6 Å². The Labute approximate surface area is 223 Å². The average molecular weight is 501 g/mol. The third-order valence-electron chi connectivity index (χ3n) is 6.53. The molecule has 3 heterocycles. The summed E-state index contributed by atoms with van der Waals surface area (Å²) in [6.07, 6.45) is 14.9. The molecule has 0 amide bonds. The Bertz CT molecular complexity index is 718. The first kappa shape index (κ1) is 33.8. The summed E-state index contributed by atoms with van der Waals surface area (Å²) in [6, 6.07) is 0. The Morgan fingerprint density at radius 3 is 1.64 bits per heavy atom. The van der Waals surface area contributed by atoms with E-state index in [-0.39, 0.29) is 0 Å². The zero-order valence-electron chi connectivity index (χ0n) is 25.2. The van der Waals surface area contributed by atoms with Gasteiger partial charge in [-0.3, -0.25) is 9.97 Å². The van der Waals surface area contributed by atoms with Crippen LogP contribution in [0.25, 0.3) is 0 Å². The van der Waals surface area contributed by atoms with Crippen molar-refractivity contribution in [2.24, 2.45) is 0 Å². The maximum atomic E-state index is 4.69. The number of unbranched alkanes of at least 4 members (excludes halogenated alkanes) is 1. The fourth-order valence-electron chi connectivity index (χ4n) is 3.43. The second-order valence-corrected chi connectivity index (χ2v) is 9.09. The molecule has 2 aromatic rings. The Kier molecular flexibility index (Phi) is 19.6. The topological polar surface area (TPSA) is 58.0 Å². The van der Waals surface area contributed by atoms with Crippen molar-refractivity contribution >= 4 is 11.6 Å². The van der Waals surface area contributed by atoms with Crippen molar-refractivity contribution in [3.8, 4) is 0 Å². The lowest BCUT2D eigenvalue weighted by Gasteiger charge is -2.20. The molecule has 0 saturated carbocycles. The molecular weight excluding hydrogens is 444 g/mol. The highest BCUT2D eigenvalue weighted by Crippen LogP contribution is 2.21. The summed E-state index contributed by atoms with van der Waals surface area (Å²) in [6.45, 7) is 25.6. The average Bonchev–Trinajstić information content (AvgIpc) is 3.50. The molecule has 0 spiro atoms. The van der Waals surface area contributed by atoms with Crippen molar-refractivity contribution in [2.75, 3.05) is 36.0 Å². The fraction of sp³-hybridized carbons (Fsp3) is 0.733. The Hall–Kier alpha value is -2.24. The van der Waals surface area contributed by atoms with Crippen molar-refractivity contribution in [3.63, 3.8) is 0 Å². The predicted molar refractivity (Wildman–Crippen MR) is 158 cm³/mol. The highest BCUT2D eigenvalue weighted by atomic mass is 15.2. The van der Waals surface area contributed by atoms with E-state index < -0.39 is 0 Å². The molecule has 1 aliphatic rings. The predicted octanol–water partition coefficient (Wildman–Crippen LogP) is 8.26. The molecule has 0 bridgehead atoms.